The molecule has 3 aromatic carbocycles. The van der Waals surface area contributed by atoms with E-state index < -0.39 is 11.0 Å². The molecule has 0 aromatic heterocycles. The molecule has 0 atom stereocenters. The molecule has 0 saturated carbocycles. The van der Waals surface area contributed by atoms with Crippen LogP contribution in [0.25, 0.3) is 11.1 Å². The number of benzene rings is 3. The number of hydrogen-bond donors (Lipinski definition) is 1. The van der Waals surface area contributed by atoms with E-state index in [4.69, 9.17) is 4.74 Å². The maximum absolute atomic E-state index is 12.9. The minimum atomic E-state index is -0.716. The molecule has 0 heterocycles. The van der Waals surface area contributed by atoms with E-state index in [1.54, 1.807) is 18.2 Å². The van der Waals surface area contributed by atoms with E-state index in [1.807, 2.05) is 48.5 Å². The third-order valence-electron chi connectivity index (χ3n) is 5.44. The molecule has 1 N–H and O–H groups in total. The van der Waals surface area contributed by atoms with E-state index >= 15 is 0 Å². The van der Waals surface area contributed by atoms with Crippen LogP contribution in [0.15, 0.2) is 72.8 Å². The molecule has 4 rings (SSSR count). The first-order valence-electron chi connectivity index (χ1n) is 10.1. The number of nitro groups is 1. The Kier molecular flexibility index (Phi) is 6.23. The average Bonchev–Trinajstić information content (AvgIpc) is 3.14. The van der Waals surface area contributed by atoms with Crippen molar-refractivity contribution < 1.29 is 19.2 Å². The highest BCUT2D eigenvalue weighted by Gasteiger charge is 2.30. The van der Waals surface area contributed by atoms with Crippen molar-refractivity contribution in [3.05, 3.63) is 99.6 Å². The number of hydrazine groups is 1. The van der Waals surface area contributed by atoms with Gasteiger partial charge in [0.1, 0.15) is 12.9 Å². The van der Waals surface area contributed by atoms with Gasteiger partial charge < -0.3 is 9.53 Å². The molecule has 0 saturated heterocycles. The first-order valence-corrected chi connectivity index (χ1v) is 10.1. The van der Waals surface area contributed by atoms with E-state index in [2.05, 4.69) is 5.43 Å². The summed E-state index contributed by atoms with van der Waals surface area (Å²) in [5, 5.41) is 12.4. The van der Waals surface area contributed by atoms with Crippen molar-refractivity contribution in [2.75, 3.05) is 13.2 Å². The Morgan fingerprint density at radius 3 is 2.22 bits per heavy atom. The summed E-state index contributed by atoms with van der Waals surface area (Å²) in [5.74, 6) is -0.120. The van der Waals surface area contributed by atoms with Gasteiger partial charge in [-0.15, -0.1) is 0 Å². The molecule has 162 valence electrons. The van der Waals surface area contributed by atoms with Crippen molar-refractivity contribution in [1.29, 1.82) is 0 Å². The van der Waals surface area contributed by atoms with Crippen LogP contribution in [-0.2, 0) is 16.1 Å². The van der Waals surface area contributed by atoms with Gasteiger partial charge in [-0.3, -0.25) is 10.1 Å². The molecule has 0 spiro atoms. The molecular weight excluding hydrogens is 410 g/mol. The van der Waals surface area contributed by atoms with Crippen LogP contribution in [0.4, 0.5) is 10.5 Å². The fourth-order valence-corrected chi connectivity index (χ4v) is 4.00. The van der Waals surface area contributed by atoms with Gasteiger partial charge in [0.15, 0.2) is 0 Å². The molecule has 0 aliphatic heterocycles. The number of carbonyl (C=O) groups excluding carboxylic acids is 2. The second-order valence-electron chi connectivity index (χ2n) is 7.30. The smallest absolute Gasteiger partial charge is 0.424 e. The average molecular weight is 431 g/mol. The lowest BCUT2D eigenvalue weighted by Gasteiger charge is -2.23. The van der Waals surface area contributed by atoms with Crippen molar-refractivity contribution in [3.63, 3.8) is 0 Å². The molecule has 8 nitrogen and oxygen atoms in total. The van der Waals surface area contributed by atoms with Gasteiger partial charge in [0.05, 0.1) is 23.6 Å². The number of nitrogens with zero attached hydrogens (tertiary/aromatic N) is 2. The molecule has 8 heteroatoms. The Bertz CT molecular complexity index is 1120. The summed E-state index contributed by atoms with van der Waals surface area (Å²) in [5.41, 5.74) is 7.25. The Hall–Kier alpha value is -4.04. The summed E-state index contributed by atoms with van der Waals surface area (Å²) in [6.07, 6.45) is -0.116. The van der Waals surface area contributed by atoms with Crippen LogP contribution in [0.2, 0.25) is 0 Å². The Morgan fingerprint density at radius 1 is 1.00 bits per heavy atom. The van der Waals surface area contributed by atoms with Crippen molar-refractivity contribution in [3.8, 4) is 11.1 Å². The monoisotopic (exact) mass is 431 g/mol. The number of amides is 1. The standard InChI is InChI=1S/C24H21N3O5/c28-14-13-25-26(15-17-7-1-6-12-23(17)27(30)31)24(29)32-16-22-20-10-4-2-8-18(20)19-9-3-5-11-21(19)22/h1-12,14,22,25H,13,15-16H2. The lowest BCUT2D eigenvalue weighted by Crippen LogP contribution is -2.43. The number of fused-ring (bicyclic) bond motifs is 3. The number of ether oxygens (including phenoxy) is 1. The van der Waals surface area contributed by atoms with Gasteiger partial charge in [-0.25, -0.2) is 15.2 Å². The molecule has 1 aliphatic rings. The van der Waals surface area contributed by atoms with Gasteiger partial charge in [0.2, 0.25) is 0 Å². The molecule has 1 amide bonds. The Morgan fingerprint density at radius 2 is 1.59 bits per heavy atom. The van der Waals surface area contributed by atoms with Crippen LogP contribution < -0.4 is 5.43 Å². The minimum absolute atomic E-state index is 0.100. The fraction of sp³-hybridized carbons (Fsp3) is 0.167. The lowest BCUT2D eigenvalue weighted by molar-refractivity contribution is -0.385. The van der Waals surface area contributed by atoms with E-state index in [9.17, 15) is 19.7 Å². The molecular formula is C24H21N3O5. The van der Waals surface area contributed by atoms with Crippen LogP contribution >= 0.6 is 0 Å². The van der Waals surface area contributed by atoms with Crippen LogP contribution in [0.3, 0.4) is 0 Å². The van der Waals surface area contributed by atoms with E-state index in [1.165, 1.54) is 6.07 Å². The molecule has 1 aliphatic carbocycles. The molecule has 0 bridgehead atoms. The van der Waals surface area contributed by atoms with E-state index in [-0.39, 0.29) is 31.3 Å². The summed E-state index contributed by atoms with van der Waals surface area (Å²) < 4.78 is 5.61. The van der Waals surface area contributed by atoms with Crippen molar-refractivity contribution in [2.45, 2.75) is 12.5 Å². The largest absolute Gasteiger partial charge is 0.447 e. The van der Waals surface area contributed by atoms with Crippen LogP contribution in [0, 0.1) is 10.1 Å². The second kappa shape index (κ2) is 9.40. The topological polar surface area (TPSA) is 102 Å². The summed E-state index contributed by atoms with van der Waals surface area (Å²) in [6.45, 7) is -0.157. The molecule has 32 heavy (non-hydrogen) atoms. The second-order valence-corrected chi connectivity index (χ2v) is 7.30. The van der Waals surface area contributed by atoms with Gasteiger partial charge in [-0.2, -0.15) is 0 Å². The number of aldehydes is 1. The van der Waals surface area contributed by atoms with Crippen LogP contribution in [0.5, 0.6) is 0 Å². The SMILES string of the molecule is O=CCNN(Cc1ccccc1[N+](=O)[O-])C(=O)OCC1c2ccccc2-c2ccccc21. The summed E-state index contributed by atoms with van der Waals surface area (Å²) in [7, 11) is 0. The highest BCUT2D eigenvalue weighted by Crippen LogP contribution is 2.44. The normalized spacial score (nSPS) is 12.0. The first kappa shape index (κ1) is 21.2. The van der Waals surface area contributed by atoms with Crippen molar-refractivity contribution >= 4 is 18.1 Å². The number of hydrogen-bond acceptors (Lipinski definition) is 6. The quantitative estimate of drug-likeness (QED) is 0.328. The van der Waals surface area contributed by atoms with Crippen molar-refractivity contribution in [2.24, 2.45) is 0 Å². The Labute approximate surface area is 184 Å². The van der Waals surface area contributed by atoms with Gasteiger partial charge in [-0.1, -0.05) is 66.7 Å². The predicted octanol–water partition coefficient (Wildman–Crippen LogP) is 4.05. The zero-order valence-electron chi connectivity index (χ0n) is 17.1. The van der Waals surface area contributed by atoms with E-state index in [0.717, 1.165) is 27.3 Å². The number of nitrogens with one attached hydrogen (secondary N) is 1. The Balaban J connectivity index is 1.52. The zero-order chi connectivity index (χ0) is 22.5. The van der Waals surface area contributed by atoms with Crippen molar-refractivity contribution in [1.82, 2.24) is 10.4 Å². The molecule has 0 fully saturated rings. The third kappa shape index (κ3) is 4.21. The fourth-order valence-electron chi connectivity index (χ4n) is 4.00. The predicted molar refractivity (Wildman–Crippen MR) is 118 cm³/mol. The highest BCUT2D eigenvalue weighted by atomic mass is 16.6. The van der Waals surface area contributed by atoms with E-state index in [0.29, 0.717) is 11.8 Å². The molecule has 0 unspecified atom stereocenters. The zero-order valence-corrected chi connectivity index (χ0v) is 17.1. The number of rotatable bonds is 8. The number of nitro benzene ring substituents is 1. The van der Waals surface area contributed by atoms with Gasteiger partial charge in [-0.05, 0) is 22.3 Å². The maximum Gasteiger partial charge on any atom is 0.424 e. The first-order chi connectivity index (χ1) is 15.6. The van der Waals surface area contributed by atoms with Gasteiger partial charge in [0.25, 0.3) is 5.69 Å². The lowest BCUT2D eigenvalue weighted by atomic mass is 9.98. The highest BCUT2D eigenvalue weighted by molar-refractivity contribution is 5.79. The van der Waals surface area contributed by atoms with Crippen LogP contribution in [-0.4, -0.2) is 35.5 Å². The summed E-state index contributed by atoms with van der Waals surface area (Å²) in [6, 6.07) is 22.1. The minimum Gasteiger partial charge on any atom is -0.447 e. The molecule has 3 aromatic rings. The number of para-hydroxylation sites is 1. The molecule has 0 radical (unpaired) electrons. The number of carbonyl (C=O) groups is 2. The third-order valence-corrected chi connectivity index (χ3v) is 5.44. The van der Waals surface area contributed by atoms with Gasteiger partial charge >= 0.3 is 6.09 Å². The summed E-state index contributed by atoms with van der Waals surface area (Å²) >= 11 is 0. The maximum atomic E-state index is 12.9. The summed E-state index contributed by atoms with van der Waals surface area (Å²) in [4.78, 5) is 34.5. The van der Waals surface area contributed by atoms with Gasteiger partial charge in [0, 0.05) is 12.0 Å². The van der Waals surface area contributed by atoms with Crippen LogP contribution in [0.1, 0.15) is 22.6 Å².